The zero-order valence-electron chi connectivity index (χ0n) is 16.7. The molecular weight excluding hydrogens is 398 g/mol. The highest BCUT2D eigenvalue weighted by atomic mass is 32.2. The van der Waals surface area contributed by atoms with Gasteiger partial charge in [0.05, 0.1) is 28.8 Å². The summed E-state index contributed by atoms with van der Waals surface area (Å²) in [6, 6.07) is 19.2. The molecule has 154 valence electrons. The molecule has 0 bridgehead atoms. The van der Waals surface area contributed by atoms with Crippen LogP contribution in [0.15, 0.2) is 71.9 Å². The van der Waals surface area contributed by atoms with E-state index in [2.05, 4.69) is 9.88 Å². The van der Waals surface area contributed by atoms with E-state index < -0.39 is 0 Å². The van der Waals surface area contributed by atoms with E-state index in [1.54, 1.807) is 4.90 Å². The fraction of sp³-hybridized carbons (Fsp3) is 0.217. The SMILES string of the molecule is CCOc1ccccc1CNC(=O)CN1C(=O)CSc2cccn2-c2ccccc21. The molecule has 0 saturated heterocycles. The summed E-state index contributed by atoms with van der Waals surface area (Å²) < 4.78 is 7.67. The number of anilines is 1. The second-order valence-electron chi connectivity index (χ2n) is 6.79. The summed E-state index contributed by atoms with van der Waals surface area (Å²) in [5, 5.41) is 3.93. The molecule has 1 aromatic heterocycles. The van der Waals surface area contributed by atoms with E-state index in [0.717, 1.165) is 27.7 Å². The van der Waals surface area contributed by atoms with Crippen LogP contribution < -0.4 is 15.0 Å². The van der Waals surface area contributed by atoms with Crippen molar-refractivity contribution >= 4 is 29.3 Å². The van der Waals surface area contributed by atoms with Gasteiger partial charge < -0.3 is 19.5 Å². The van der Waals surface area contributed by atoms with Crippen LogP contribution in [0.5, 0.6) is 5.75 Å². The molecule has 1 aliphatic heterocycles. The second-order valence-corrected chi connectivity index (χ2v) is 7.79. The Bertz CT molecular complexity index is 1060. The van der Waals surface area contributed by atoms with Gasteiger partial charge in [0.25, 0.3) is 0 Å². The first kappa shape index (κ1) is 20.1. The first-order valence-electron chi connectivity index (χ1n) is 9.84. The lowest BCUT2D eigenvalue weighted by atomic mass is 10.2. The van der Waals surface area contributed by atoms with Crippen molar-refractivity contribution in [3.63, 3.8) is 0 Å². The van der Waals surface area contributed by atoms with Gasteiger partial charge >= 0.3 is 0 Å². The van der Waals surface area contributed by atoms with Gasteiger partial charge in [-0.2, -0.15) is 0 Å². The average molecular weight is 422 g/mol. The predicted octanol–water partition coefficient (Wildman–Crippen LogP) is 3.63. The lowest BCUT2D eigenvalue weighted by Crippen LogP contribution is -2.42. The molecule has 7 heteroatoms. The van der Waals surface area contributed by atoms with Crippen molar-refractivity contribution < 1.29 is 14.3 Å². The molecule has 1 aliphatic rings. The normalized spacial score (nSPS) is 13.1. The maximum Gasteiger partial charge on any atom is 0.240 e. The van der Waals surface area contributed by atoms with E-state index in [-0.39, 0.29) is 24.1 Å². The summed E-state index contributed by atoms with van der Waals surface area (Å²) in [4.78, 5) is 27.2. The monoisotopic (exact) mass is 421 g/mol. The molecule has 30 heavy (non-hydrogen) atoms. The number of benzene rings is 2. The van der Waals surface area contributed by atoms with Gasteiger partial charge in [-0.25, -0.2) is 0 Å². The fourth-order valence-corrected chi connectivity index (χ4v) is 4.34. The summed E-state index contributed by atoms with van der Waals surface area (Å²) in [5.74, 6) is 0.718. The lowest BCUT2D eigenvalue weighted by molar-refractivity contribution is -0.123. The summed E-state index contributed by atoms with van der Waals surface area (Å²) in [7, 11) is 0. The molecule has 0 unspecified atom stereocenters. The minimum absolute atomic E-state index is 0.0379. The van der Waals surface area contributed by atoms with Crippen molar-refractivity contribution in [1.82, 2.24) is 9.88 Å². The Morgan fingerprint density at radius 1 is 1.07 bits per heavy atom. The third kappa shape index (κ3) is 4.21. The zero-order chi connectivity index (χ0) is 20.9. The third-order valence-corrected chi connectivity index (χ3v) is 5.86. The van der Waals surface area contributed by atoms with Gasteiger partial charge in [-0.05, 0) is 37.3 Å². The van der Waals surface area contributed by atoms with Crippen LogP contribution in [0.1, 0.15) is 12.5 Å². The third-order valence-electron chi connectivity index (χ3n) is 4.84. The number of rotatable bonds is 6. The van der Waals surface area contributed by atoms with Crippen molar-refractivity contribution in [1.29, 1.82) is 0 Å². The van der Waals surface area contributed by atoms with Crippen molar-refractivity contribution in [3.8, 4) is 11.4 Å². The maximum absolute atomic E-state index is 12.9. The smallest absolute Gasteiger partial charge is 0.240 e. The quantitative estimate of drug-likeness (QED) is 0.660. The number of hydrogen-bond donors (Lipinski definition) is 1. The minimum Gasteiger partial charge on any atom is -0.494 e. The fourth-order valence-electron chi connectivity index (χ4n) is 3.44. The van der Waals surface area contributed by atoms with Crippen LogP contribution in [0.4, 0.5) is 5.69 Å². The van der Waals surface area contributed by atoms with Gasteiger partial charge in [0.2, 0.25) is 11.8 Å². The van der Waals surface area contributed by atoms with Crippen molar-refractivity contribution in [3.05, 3.63) is 72.4 Å². The van der Waals surface area contributed by atoms with Gasteiger partial charge in [-0.1, -0.05) is 42.1 Å². The summed E-state index contributed by atoms with van der Waals surface area (Å²) >= 11 is 1.47. The van der Waals surface area contributed by atoms with E-state index in [9.17, 15) is 9.59 Å². The molecule has 3 aromatic rings. The number of carbonyl (C=O) groups excluding carboxylic acids is 2. The molecule has 6 nitrogen and oxygen atoms in total. The molecule has 2 aromatic carbocycles. The van der Waals surface area contributed by atoms with Crippen LogP contribution in [0.3, 0.4) is 0 Å². The van der Waals surface area contributed by atoms with Crippen LogP contribution in [0.25, 0.3) is 5.69 Å². The predicted molar refractivity (Wildman–Crippen MR) is 118 cm³/mol. The van der Waals surface area contributed by atoms with Crippen LogP contribution in [0.2, 0.25) is 0 Å². The number of thioether (sulfide) groups is 1. The Balaban J connectivity index is 1.53. The van der Waals surface area contributed by atoms with Crippen molar-refractivity contribution in [2.75, 3.05) is 23.8 Å². The molecule has 0 saturated carbocycles. The first-order valence-corrected chi connectivity index (χ1v) is 10.8. The molecule has 2 amide bonds. The number of aromatic nitrogens is 1. The number of nitrogens with one attached hydrogen (secondary N) is 1. The Hall–Kier alpha value is -3.19. The van der Waals surface area contributed by atoms with Gasteiger partial charge in [0.1, 0.15) is 12.3 Å². The highest BCUT2D eigenvalue weighted by Crippen LogP contribution is 2.33. The number of ether oxygens (including phenoxy) is 1. The zero-order valence-corrected chi connectivity index (χ0v) is 17.5. The van der Waals surface area contributed by atoms with E-state index in [1.165, 1.54) is 11.8 Å². The van der Waals surface area contributed by atoms with Gasteiger partial charge in [0.15, 0.2) is 0 Å². The molecule has 2 heterocycles. The molecule has 0 fully saturated rings. The second kappa shape index (κ2) is 9.09. The molecule has 0 atom stereocenters. The first-order chi connectivity index (χ1) is 14.7. The van der Waals surface area contributed by atoms with Crippen LogP contribution in [-0.4, -0.2) is 35.3 Å². The average Bonchev–Trinajstić information content (AvgIpc) is 3.23. The van der Waals surface area contributed by atoms with Crippen molar-refractivity contribution in [2.24, 2.45) is 0 Å². The highest BCUT2D eigenvalue weighted by molar-refractivity contribution is 7.99. The van der Waals surface area contributed by atoms with E-state index in [1.807, 2.05) is 73.8 Å². The molecular formula is C23H23N3O3S. The minimum atomic E-state index is -0.220. The lowest BCUT2D eigenvalue weighted by Gasteiger charge is -2.27. The molecule has 1 N–H and O–H groups in total. The molecule has 0 spiro atoms. The summed E-state index contributed by atoms with van der Waals surface area (Å²) in [5.41, 5.74) is 2.51. The molecule has 4 rings (SSSR count). The standard InChI is InChI=1S/C23H23N3O3S/c1-2-29-20-11-6-3-8-17(20)14-24-21(27)15-26-19-10-5-4-9-18(19)25-13-7-12-23(25)30-16-22(26)28/h3-13H,2,14-16H2,1H3,(H,24,27). The van der Waals surface area contributed by atoms with E-state index in [0.29, 0.717) is 13.2 Å². The number of nitrogens with zero attached hydrogens (tertiary/aromatic N) is 2. The number of amides is 2. The summed E-state index contributed by atoms with van der Waals surface area (Å²) in [6.45, 7) is 2.79. The number of hydrogen-bond acceptors (Lipinski definition) is 4. The van der Waals surface area contributed by atoms with Crippen LogP contribution in [-0.2, 0) is 16.1 Å². The van der Waals surface area contributed by atoms with Crippen LogP contribution >= 0.6 is 11.8 Å². The van der Waals surface area contributed by atoms with Gasteiger partial charge in [0, 0.05) is 18.3 Å². The number of fused-ring (bicyclic) bond motifs is 3. The largest absolute Gasteiger partial charge is 0.494 e. The number of carbonyl (C=O) groups is 2. The van der Waals surface area contributed by atoms with Gasteiger partial charge in [-0.3, -0.25) is 9.59 Å². The van der Waals surface area contributed by atoms with Gasteiger partial charge in [-0.15, -0.1) is 0 Å². The molecule has 0 radical (unpaired) electrons. The number of para-hydroxylation sites is 3. The maximum atomic E-state index is 12.9. The Kier molecular flexibility index (Phi) is 6.09. The molecule has 0 aliphatic carbocycles. The topological polar surface area (TPSA) is 63.6 Å². The Morgan fingerprint density at radius 3 is 2.67 bits per heavy atom. The Labute approximate surface area is 179 Å². The van der Waals surface area contributed by atoms with E-state index in [4.69, 9.17) is 4.74 Å². The van der Waals surface area contributed by atoms with Crippen LogP contribution in [0, 0.1) is 0 Å². The highest BCUT2D eigenvalue weighted by Gasteiger charge is 2.25. The Morgan fingerprint density at radius 2 is 1.83 bits per heavy atom. The van der Waals surface area contributed by atoms with E-state index >= 15 is 0 Å². The van der Waals surface area contributed by atoms with Crippen molar-refractivity contribution in [2.45, 2.75) is 18.5 Å². The summed E-state index contributed by atoms with van der Waals surface area (Å²) in [6.07, 6.45) is 1.97.